The van der Waals surface area contributed by atoms with Crippen molar-refractivity contribution in [2.45, 2.75) is 25.2 Å². The van der Waals surface area contributed by atoms with E-state index in [1.807, 2.05) is 23.9 Å². The third kappa shape index (κ3) is 6.69. The summed E-state index contributed by atoms with van der Waals surface area (Å²) in [5, 5.41) is 0. The zero-order chi connectivity index (χ0) is 28.4. The Labute approximate surface area is 244 Å². The molecule has 3 aromatic rings. The Hall–Kier alpha value is -2.72. The van der Waals surface area contributed by atoms with Gasteiger partial charge in [0, 0.05) is 38.6 Å². The molecule has 0 atom stereocenters. The first-order chi connectivity index (χ1) is 19.2. The normalized spacial score (nSPS) is 17.4. The van der Waals surface area contributed by atoms with Gasteiger partial charge in [-0.2, -0.15) is 15.0 Å². The number of halogens is 3. The molecule has 2 fully saturated rings. The third-order valence-electron chi connectivity index (χ3n) is 7.22. The van der Waals surface area contributed by atoms with E-state index in [1.165, 1.54) is 16.0 Å². The Morgan fingerprint density at radius 2 is 1.73 bits per heavy atom. The number of alkyl halides is 2. The third-order valence-corrected chi connectivity index (χ3v) is 9.07. The molecule has 41 heavy (non-hydrogen) atoms. The largest absolute Gasteiger partial charge is 0.494 e. The van der Waals surface area contributed by atoms with Crippen molar-refractivity contribution >= 4 is 39.4 Å². The van der Waals surface area contributed by atoms with Crippen LogP contribution in [0.1, 0.15) is 36.8 Å². The van der Waals surface area contributed by atoms with E-state index in [0.717, 1.165) is 0 Å². The van der Waals surface area contributed by atoms with Crippen LogP contribution in [-0.4, -0.2) is 115 Å². The molecule has 5 rings (SSSR count). The molecule has 16 heteroatoms. The maximum Gasteiger partial charge on any atom is 0.296 e. The quantitative estimate of drug-likeness (QED) is 0.355. The molecule has 0 bridgehead atoms. The van der Waals surface area contributed by atoms with Gasteiger partial charge >= 0.3 is 0 Å². The smallest absolute Gasteiger partial charge is 0.296 e. The van der Waals surface area contributed by atoms with Crippen LogP contribution in [0.25, 0.3) is 17.0 Å². The lowest BCUT2D eigenvalue weighted by Crippen LogP contribution is -2.41. The molecule has 0 radical (unpaired) electrons. The van der Waals surface area contributed by atoms with Crippen molar-refractivity contribution in [2.24, 2.45) is 0 Å². The average Bonchev–Trinajstić information content (AvgIpc) is 3.37. The topological polar surface area (TPSA) is 119 Å². The van der Waals surface area contributed by atoms with Crippen molar-refractivity contribution in [2.75, 3.05) is 77.8 Å². The summed E-state index contributed by atoms with van der Waals surface area (Å²) in [5.74, 6) is 0.612. The van der Waals surface area contributed by atoms with Gasteiger partial charge in [-0.15, -0.1) is 12.4 Å². The number of benzene rings is 1. The number of nitrogens with zero attached hydrogens (tertiary/aromatic N) is 8. The maximum atomic E-state index is 14.3. The van der Waals surface area contributed by atoms with Crippen LogP contribution in [0.3, 0.4) is 0 Å². The van der Waals surface area contributed by atoms with Crippen molar-refractivity contribution in [1.29, 1.82) is 0 Å². The monoisotopic (exact) mass is 616 g/mol. The second kappa shape index (κ2) is 13.1. The molecular formula is C25H35ClF2N8O4S. The molecular weight excluding hydrogens is 582 g/mol. The van der Waals surface area contributed by atoms with Gasteiger partial charge in [0.1, 0.15) is 17.1 Å². The molecule has 12 nitrogen and oxygen atoms in total. The number of hydrogen-bond acceptors (Lipinski definition) is 10. The number of morpholine rings is 1. The van der Waals surface area contributed by atoms with Crippen molar-refractivity contribution in [3.05, 3.63) is 29.8 Å². The van der Waals surface area contributed by atoms with Crippen molar-refractivity contribution < 1.29 is 26.7 Å². The van der Waals surface area contributed by atoms with E-state index in [0.29, 0.717) is 81.8 Å². The molecule has 0 amide bonds. The van der Waals surface area contributed by atoms with Gasteiger partial charge in [-0.25, -0.2) is 26.5 Å². The van der Waals surface area contributed by atoms with Gasteiger partial charge in [0.05, 0.1) is 31.6 Å². The SMILES string of the molecule is COc1cccc2c1nc(C(F)F)n2-c1nc(C2CCN(S(=O)(=O)CCN(C)C)CC2)nc(N2CCOCC2)n1.Cl. The first-order valence-electron chi connectivity index (χ1n) is 13.2. The fourth-order valence-electron chi connectivity index (χ4n) is 4.99. The lowest BCUT2D eigenvalue weighted by Gasteiger charge is -2.32. The molecule has 0 N–H and O–H groups in total. The van der Waals surface area contributed by atoms with E-state index >= 15 is 0 Å². The van der Waals surface area contributed by atoms with E-state index in [4.69, 9.17) is 14.5 Å². The van der Waals surface area contributed by atoms with Crippen LogP contribution in [0.5, 0.6) is 5.75 Å². The molecule has 2 aliphatic rings. The molecule has 0 unspecified atom stereocenters. The van der Waals surface area contributed by atoms with E-state index in [9.17, 15) is 17.2 Å². The number of ether oxygens (including phenoxy) is 2. The molecule has 0 aliphatic carbocycles. The molecule has 4 heterocycles. The van der Waals surface area contributed by atoms with Crippen LogP contribution < -0.4 is 9.64 Å². The molecule has 0 saturated carbocycles. The summed E-state index contributed by atoms with van der Waals surface area (Å²) in [6, 6.07) is 5.03. The number of rotatable bonds is 9. The van der Waals surface area contributed by atoms with Crippen LogP contribution in [0.2, 0.25) is 0 Å². The Balaban J connectivity index is 0.00000387. The Morgan fingerprint density at radius 1 is 1.05 bits per heavy atom. The minimum absolute atomic E-state index is 0. The van der Waals surface area contributed by atoms with Crippen LogP contribution >= 0.6 is 12.4 Å². The molecule has 226 valence electrons. The van der Waals surface area contributed by atoms with E-state index in [-0.39, 0.29) is 35.5 Å². The summed E-state index contributed by atoms with van der Waals surface area (Å²) in [7, 11) is 1.75. The second-order valence-electron chi connectivity index (χ2n) is 10.1. The highest BCUT2D eigenvalue weighted by molar-refractivity contribution is 7.89. The van der Waals surface area contributed by atoms with Gasteiger partial charge < -0.3 is 19.3 Å². The summed E-state index contributed by atoms with van der Waals surface area (Å²) in [4.78, 5) is 22.0. The zero-order valence-corrected chi connectivity index (χ0v) is 24.9. The van der Waals surface area contributed by atoms with Gasteiger partial charge in [-0.05, 0) is 39.1 Å². The van der Waals surface area contributed by atoms with Crippen molar-refractivity contribution in [3.8, 4) is 11.7 Å². The van der Waals surface area contributed by atoms with Crippen molar-refractivity contribution in [1.82, 2.24) is 33.7 Å². The number of piperidine rings is 1. The lowest BCUT2D eigenvalue weighted by atomic mass is 9.97. The van der Waals surface area contributed by atoms with Crippen LogP contribution in [0, 0.1) is 0 Å². The number of imidazole rings is 1. The minimum atomic E-state index is -3.39. The Kier molecular flexibility index (Phi) is 9.95. The minimum Gasteiger partial charge on any atom is -0.494 e. The zero-order valence-electron chi connectivity index (χ0n) is 23.2. The molecule has 2 saturated heterocycles. The van der Waals surface area contributed by atoms with Gasteiger partial charge in [-0.1, -0.05) is 6.07 Å². The molecule has 2 aromatic heterocycles. The Bertz CT molecular complexity index is 1440. The number of methoxy groups -OCH3 is 1. The average molecular weight is 617 g/mol. The summed E-state index contributed by atoms with van der Waals surface area (Å²) < 4.78 is 67.8. The highest BCUT2D eigenvalue weighted by atomic mass is 35.5. The van der Waals surface area contributed by atoms with Crippen LogP contribution in [0.15, 0.2) is 18.2 Å². The Morgan fingerprint density at radius 3 is 2.37 bits per heavy atom. The fourth-order valence-corrected chi connectivity index (χ4v) is 6.61. The standard InChI is InChI=1S/C25H34F2N8O4S.ClH/c1-32(2)13-16-40(36,37)34-9-7-17(8-10-34)22-29-24(33-11-14-39-15-12-33)31-25(30-22)35-18-5-4-6-19(38-3)20(18)28-23(35)21(26)27;/h4-6,17,21H,7-16H2,1-3H3;1H. The number of fused-ring (bicyclic) bond motifs is 1. The van der Waals surface area contributed by atoms with Gasteiger partial charge in [0.25, 0.3) is 6.43 Å². The highest BCUT2D eigenvalue weighted by Gasteiger charge is 2.32. The van der Waals surface area contributed by atoms with Crippen LogP contribution in [0.4, 0.5) is 14.7 Å². The summed E-state index contributed by atoms with van der Waals surface area (Å²) in [5.41, 5.74) is 0.674. The predicted octanol–water partition coefficient (Wildman–Crippen LogP) is 2.49. The van der Waals surface area contributed by atoms with Gasteiger partial charge in [0.2, 0.25) is 21.9 Å². The number of sulfonamides is 1. The molecule has 1 aromatic carbocycles. The second-order valence-corrected chi connectivity index (χ2v) is 12.2. The van der Waals surface area contributed by atoms with Gasteiger partial charge in [-0.3, -0.25) is 4.57 Å². The summed E-state index contributed by atoms with van der Waals surface area (Å²) in [6.45, 7) is 3.19. The summed E-state index contributed by atoms with van der Waals surface area (Å²) >= 11 is 0. The number of para-hydroxylation sites is 1. The van der Waals surface area contributed by atoms with Crippen molar-refractivity contribution in [3.63, 3.8) is 0 Å². The van der Waals surface area contributed by atoms with Crippen LogP contribution in [-0.2, 0) is 14.8 Å². The molecule has 0 spiro atoms. The highest BCUT2D eigenvalue weighted by Crippen LogP contribution is 2.33. The number of hydrogen-bond donors (Lipinski definition) is 0. The number of aromatic nitrogens is 5. The number of anilines is 1. The van der Waals surface area contributed by atoms with E-state index in [2.05, 4.69) is 15.0 Å². The summed E-state index contributed by atoms with van der Waals surface area (Å²) in [6.07, 6.45) is -1.87. The van der Waals surface area contributed by atoms with E-state index in [1.54, 1.807) is 18.2 Å². The fraction of sp³-hybridized carbons (Fsp3) is 0.600. The predicted molar refractivity (Wildman–Crippen MR) is 152 cm³/mol. The lowest BCUT2D eigenvalue weighted by molar-refractivity contribution is 0.122. The van der Waals surface area contributed by atoms with Gasteiger partial charge in [0.15, 0.2) is 5.82 Å². The first kappa shape index (κ1) is 31.2. The van der Waals surface area contributed by atoms with E-state index < -0.39 is 22.3 Å². The molecule has 2 aliphatic heterocycles. The first-order valence-corrected chi connectivity index (χ1v) is 14.8. The maximum absolute atomic E-state index is 14.3.